The number of nitrogens with zero attached hydrogens (tertiary/aromatic N) is 3. The normalized spacial score (nSPS) is 18.7. The third-order valence-corrected chi connectivity index (χ3v) is 7.25. The summed E-state index contributed by atoms with van der Waals surface area (Å²) in [5.41, 5.74) is 6.36. The van der Waals surface area contributed by atoms with Crippen molar-refractivity contribution in [2.75, 3.05) is 13.2 Å². The monoisotopic (exact) mass is 444 g/mol. The van der Waals surface area contributed by atoms with Crippen LogP contribution in [0.3, 0.4) is 0 Å². The Morgan fingerprint density at radius 1 is 1.40 bits per heavy atom. The highest BCUT2D eigenvalue weighted by Crippen LogP contribution is 2.31. The van der Waals surface area contributed by atoms with Gasteiger partial charge in [-0.05, 0) is 36.6 Å². The fraction of sp³-hybridized carbons (Fsp3) is 0.364. The zero-order valence-electron chi connectivity index (χ0n) is 16.8. The van der Waals surface area contributed by atoms with Crippen LogP contribution in [0.25, 0.3) is 21.6 Å². The second kappa shape index (κ2) is 7.15. The Hall–Kier alpha value is -2.28. The molecule has 0 saturated carbocycles. The minimum absolute atomic E-state index is 0.259. The summed E-state index contributed by atoms with van der Waals surface area (Å²) in [7, 11) is 2.01. The van der Waals surface area contributed by atoms with E-state index in [-0.39, 0.29) is 11.3 Å². The number of aryl methyl sites for hydroxylation is 2. The van der Waals surface area contributed by atoms with Gasteiger partial charge in [0.15, 0.2) is 0 Å². The number of hydrogen-bond donors (Lipinski definition) is 2. The summed E-state index contributed by atoms with van der Waals surface area (Å²) in [4.78, 5) is 21.9. The van der Waals surface area contributed by atoms with Crippen molar-refractivity contribution in [2.45, 2.75) is 31.7 Å². The van der Waals surface area contributed by atoms with Crippen molar-refractivity contribution in [3.05, 3.63) is 51.4 Å². The van der Waals surface area contributed by atoms with E-state index < -0.39 is 6.61 Å². The molecule has 1 aliphatic heterocycles. The van der Waals surface area contributed by atoms with E-state index in [1.807, 2.05) is 20.0 Å². The van der Waals surface area contributed by atoms with Gasteiger partial charge >= 0.3 is 0 Å². The van der Waals surface area contributed by atoms with Gasteiger partial charge in [-0.1, -0.05) is 17.7 Å². The lowest BCUT2D eigenvalue weighted by atomic mass is 9.92. The number of carbonyl (C=O) groups excluding carboxylic acids is 1. The predicted octanol–water partition coefficient (Wildman–Crippen LogP) is 1.64. The van der Waals surface area contributed by atoms with E-state index in [2.05, 4.69) is 26.7 Å². The molecule has 2 aromatic heterocycles. The summed E-state index contributed by atoms with van der Waals surface area (Å²) < 4.78 is 2.08. The van der Waals surface area contributed by atoms with Crippen LogP contribution in [0, 0.1) is 6.92 Å². The number of benzene rings is 1. The van der Waals surface area contributed by atoms with Crippen LogP contribution in [0.15, 0.2) is 18.2 Å². The number of aliphatic hydroxyl groups is 1. The summed E-state index contributed by atoms with van der Waals surface area (Å²) in [5.74, 6) is 0.699. The lowest BCUT2D eigenvalue weighted by Crippen LogP contribution is -2.41. The smallest absolute Gasteiger partial charge is 0.248 e. The van der Waals surface area contributed by atoms with Gasteiger partial charge in [0.2, 0.25) is 5.91 Å². The molecule has 156 valence electrons. The van der Waals surface area contributed by atoms with Crippen LogP contribution in [0.1, 0.15) is 29.1 Å². The number of amides is 1. The number of aromatic amines is 1. The van der Waals surface area contributed by atoms with E-state index in [0.29, 0.717) is 31.0 Å². The van der Waals surface area contributed by atoms with Gasteiger partial charge in [-0.15, -0.1) is 11.6 Å². The maximum Gasteiger partial charge on any atom is 0.248 e. The third kappa shape index (κ3) is 2.89. The molecule has 0 bridgehead atoms. The average Bonchev–Trinajstić information content (AvgIpc) is 3.27. The molecule has 6 nitrogen and oxygen atoms in total. The molecule has 3 aromatic rings. The van der Waals surface area contributed by atoms with Crippen molar-refractivity contribution in [1.82, 2.24) is 19.4 Å². The van der Waals surface area contributed by atoms with E-state index in [9.17, 15) is 9.90 Å². The molecule has 1 atom stereocenters. The number of H-pyrrole nitrogens is 1. The van der Waals surface area contributed by atoms with E-state index in [1.165, 1.54) is 0 Å². The number of aromatic nitrogens is 3. The van der Waals surface area contributed by atoms with Gasteiger partial charge in [-0.25, -0.2) is 4.98 Å². The van der Waals surface area contributed by atoms with Crippen molar-refractivity contribution < 1.29 is 9.90 Å². The Labute approximate surface area is 183 Å². The molecule has 3 heterocycles. The molecule has 0 saturated heterocycles. The van der Waals surface area contributed by atoms with Gasteiger partial charge in [0.05, 0.1) is 26.8 Å². The molecular weight excluding hydrogens is 423 g/mol. The van der Waals surface area contributed by atoms with Crippen molar-refractivity contribution in [1.29, 1.82) is 0 Å². The maximum atomic E-state index is 12.1. The van der Waals surface area contributed by atoms with E-state index in [0.717, 1.165) is 49.8 Å². The van der Waals surface area contributed by atoms with E-state index in [1.54, 1.807) is 4.90 Å². The summed E-state index contributed by atoms with van der Waals surface area (Å²) in [6, 6.07) is 6.26. The van der Waals surface area contributed by atoms with Crippen molar-refractivity contribution in [3.8, 4) is 0 Å². The minimum atomic E-state index is -0.480. The number of imidazole rings is 1. The summed E-state index contributed by atoms with van der Waals surface area (Å²) in [5, 5.41) is 11.5. The molecule has 1 aromatic carbocycles. The van der Waals surface area contributed by atoms with E-state index >= 15 is 0 Å². The number of hydrogen-bond acceptors (Lipinski definition) is 3. The molecule has 1 aliphatic carbocycles. The van der Waals surface area contributed by atoms with Crippen LogP contribution in [0.2, 0.25) is 0 Å². The number of halogens is 2. The summed E-state index contributed by atoms with van der Waals surface area (Å²) in [6.45, 7) is 2.54. The lowest BCUT2D eigenvalue weighted by molar-refractivity contribution is -0.135. The quantitative estimate of drug-likeness (QED) is 0.590. The molecule has 0 fully saturated rings. The molecule has 0 spiro atoms. The molecule has 2 N–H and O–H groups in total. The maximum absolute atomic E-state index is 12.1. The Bertz CT molecular complexity index is 1320. The van der Waals surface area contributed by atoms with E-state index in [4.69, 9.17) is 23.2 Å². The number of nitrogens with one attached hydrogen (secondary N) is 1. The Morgan fingerprint density at radius 3 is 2.97 bits per heavy atom. The Morgan fingerprint density at radius 2 is 2.20 bits per heavy atom. The standard InChI is InChI=1S/C22H22Cl2N4O2/c1-11-25-17-4-3-12(7-18(17)27(11)2)13-8-15(23)21(24)22-20(13)14-9-28(19(30)10-29)6-5-16(14)26-22/h3-4,7,15,26,29H,5-6,8-10H2,1-2H3. The molecule has 0 radical (unpaired) electrons. The summed E-state index contributed by atoms with van der Waals surface area (Å²) in [6.07, 6.45) is 1.30. The van der Waals surface area contributed by atoms with Crippen LogP contribution in [0.5, 0.6) is 0 Å². The molecular formula is C22H22Cl2N4O2. The molecule has 1 unspecified atom stereocenters. The molecule has 8 heteroatoms. The van der Waals surface area contributed by atoms with Crippen LogP contribution in [-0.4, -0.2) is 49.0 Å². The van der Waals surface area contributed by atoms with Crippen LogP contribution in [-0.2, 0) is 24.8 Å². The van der Waals surface area contributed by atoms with Crippen LogP contribution in [0.4, 0.5) is 0 Å². The van der Waals surface area contributed by atoms with Crippen LogP contribution < -0.4 is 10.6 Å². The molecule has 5 rings (SSSR count). The highest BCUT2D eigenvalue weighted by molar-refractivity contribution is 6.51. The van der Waals surface area contributed by atoms with Gasteiger partial charge in [0, 0.05) is 43.0 Å². The number of aliphatic hydroxyl groups excluding tert-OH is 1. The first-order valence-corrected chi connectivity index (χ1v) is 10.8. The fourth-order valence-corrected chi connectivity index (χ4v) is 5.09. The second-order valence-electron chi connectivity index (χ2n) is 7.98. The van der Waals surface area contributed by atoms with Gasteiger partial charge in [-0.2, -0.15) is 0 Å². The first-order chi connectivity index (χ1) is 14.4. The lowest BCUT2D eigenvalue weighted by Gasteiger charge is -2.27. The van der Waals surface area contributed by atoms with Gasteiger partial charge in [0.1, 0.15) is 12.4 Å². The first kappa shape index (κ1) is 19.7. The summed E-state index contributed by atoms with van der Waals surface area (Å²) >= 11 is 13.3. The number of carbonyl (C=O) groups is 1. The number of rotatable bonds is 2. The third-order valence-electron chi connectivity index (χ3n) is 6.31. The largest absolute Gasteiger partial charge is 0.387 e. The van der Waals surface area contributed by atoms with Gasteiger partial charge in [-0.3, -0.25) is 4.79 Å². The number of fused-ring (bicyclic) bond motifs is 4. The Kier molecular flexibility index (Phi) is 4.69. The number of alkyl halides is 1. The fourth-order valence-electron chi connectivity index (χ4n) is 4.61. The van der Waals surface area contributed by atoms with Crippen LogP contribution >= 0.6 is 23.2 Å². The highest BCUT2D eigenvalue weighted by Gasteiger charge is 2.29. The zero-order chi connectivity index (χ0) is 21.2. The Balaban J connectivity index is 1.78. The van der Waals surface area contributed by atoms with Crippen molar-refractivity contribution in [2.24, 2.45) is 7.05 Å². The molecule has 1 amide bonds. The predicted molar refractivity (Wildman–Crippen MR) is 118 cm³/mol. The molecule has 2 aliphatic rings. The minimum Gasteiger partial charge on any atom is -0.387 e. The van der Waals surface area contributed by atoms with Gasteiger partial charge in [0.25, 0.3) is 0 Å². The average molecular weight is 445 g/mol. The topological polar surface area (TPSA) is 74.2 Å². The van der Waals surface area contributed by atoms with Crippen molar-refractivity contribution >= 4 is 50.7 Å². The SMILES string of the molecule is Cc1nc2ccc(C3=c4c5c([nH]c4=C(Cl)C(Cl)C3)CCN(C(=O)CO)C5)cc2n1C. The molecule has 30 heavy (non-hydrogen) atoms. The zero-order valence-corrected chi connectivity index (χ0v) is 18.3. The highest BCUT2D eigenvalue weighted by atomic mass is 35.5. The second-order valence-corrected chi connectivity index (χ2v) is 8.91. The first-order valence-electron chi connectivity index (χ1n) is 9.97. The van der Waals surface area contributed by atoms with Gasteiger partial charge < -0.3 is 19.6 Å². The van der Waals surface area contributed by atoms with Crippen molar-refractivity contribution in [3.63, 3.8) is 0 Å².